The zero-order chi connectivity index (χ0) is 18.4. The van der Waals surface area contributed by atoms with Crippen LogP contribution in [0.1, 0.15) is 45.6 Å². The van der Waals surface area contributed by atoms with E-state index in [0.717, 1.165) is 5.56 Å². The molecule has 0 aromatic heterocycles. The van der Waals surface area contributed by atoms with Gasteiger partial charge in [0.25, 0.3) is 0 Å². The van der Waals surface area contributed by atoms with Crippen molar-refractivity contribution in [3.05, 3.63) is 35.9 Å². The first-order valence-electron chi connectivity index (χ1n) is 8.90. The highest BCUT2D eigenvalue weighted by Gasteiger charge is 2.33. The van der Waals surface area contributed by atoms with E-state index in [0.29, 0.717) is 25.9 Å². The third-order valence-corrected chi connectivity index (χ3v) is 4.40. The van der Waals surface area contributed by atoms with E-state index in [1.54, 1.807) is 4.90 Å². The Morgan fingerprint density at radius 1 is 1.24 bits per heavy atom. The molecule has 2 atom stereocenters. The Labute approximate surface area is 150 Å². The number of aliphatic hydroxyl groups is 1. The van der Waals surface area contributed by atoms with Crippen molar-refractivity contribution < 1.29 is 19.4 Å². The summed E-state index contributed by atoms with van der Waals surface area (Å²) >= 11 is 0. The molecule has 0 bridgehead atoms. The average Bonchev–Trinajstić information content (AvgIpc) is 2.54. The van der Waals surface area contributed by atoms with Gasteiger partial charge >= 0.3 is 5.97 Å². The minimum atomic E-state index is -0.567. The molecule has 1 aromatic rings. The van der Waals surface area contributed by atoms with Crippen molar-refractivity contribution in [3.8, 4) is 0 Å². The molecule has 138 valence electrons. The van der Waals surface area contributed by atoms with Crippen LogP contribution in [0.5, 0.6) is 0 Å². The molecule has 2 rings (SSSR count). The minimum Gasteiger partial charge on any atom is -0.461 e. The number of piperidine rings is 1. The van der Waals surface area contributed by atoms with Crippen LogP contribution < -0.4 is 0 Å². The number of ether oxygens (including phenoxy) is 1. The highest BCUT2D eigenvalue weighted by molar-refractivity contribution is 5.77. The van der Waals surface area contributed by atoms with E-state index in [1.807, 2.05) is 51.1 Å². The van der Waals surface area contributed by atoms with Crippen LogP contribution in [-0.4, -0.2) is 41.1 Å². The van der Waals surface area contributed by atoms with Gasteiger partial charge in [0.05, 0.1) is 12.5 Å². The van der Waals surface area contributed by atoms with Gasteiger partial charge in [0.1, 0.15) is 6.61 Å². The highest BCUT2D eigenvalue weighted by atomic mass is 16.5. The molecule has 0 saturated carbocycles. The molecule has 0 spiro atoms. The predicted molar refractivity (Wildman–Crippen MR) is 95.6 cm³/mol. The van der Waals surface area contributed by atoms with Gasteiger partial charge in [-0.25, -0.2) is 0 Å². The Morgan fingerprint density at radius 3 is 2.56 bits per heavy atom. The monoisotopic (exact) mass is 347 g/mol. The SMILES string of the molecule is CC(C)(C)CC(=O)N1CC[C@H](O)[C@@H](CC(=O)OCc2ccccc2)C1. The highest BCUT2D eigenvalue weighted by Crippen LogP contribution is 2.25. The first kappa shape index (κ1) is 19.4. The second kappa shape index (κ2) is 8.48. The maximum absolute atomic E-state index is 12.4. The predicted octanol–water partition coefficient (Wildman–Crippen LogP) is 2.77. The summed E-state index contributed by atoms with van der Waals surface area (Å²) in [5.41, 5.74) is 0.860. The molecular formula is C20H29NO4. The Bertz CT molecular complexity index is 579. The number of amides is 1. The van der Waals surface area contributed by atoms with Gasteiger partial charge in [0.15, 0.2) is 0 Å². The number of likely N-dealkylation sites (tertiary alicyclic amines) is 1. The summed E-state index contributed by atoms with van der Waals surface area (Å²) in [5, 5.41) is 10.2. The van der Waals surface area contributed by atoms with E-state index in [1.165, 1.54) is 0 Å². The summed E-state index contributed by atoms with van der Waals surface area (Å²) in [6.45, 7) is 7.28. The number of aliphatic hydroxyl groups excluding tert-OH is 1. The number of hydrogen-bond donors (Lipinski definition) is 1. The molecule has 1 heterocycles. The quantitative estimate of drug-likeness (QED) is 0.832. The molecule has 5 nitrogen and oxygen atoms in total. The van der Waals surface area contributed by atoms with Gasteiger partial charge in [0.2, 0.25) is 5.91 Å². The molecule has 1 amide bonds. The summed E-state index contributed by atoms with van der Waals surface area (Å²) in [4.78, 5) is 26.3. The number of nitrogens with zero attached hydrogens (tertiary/aromatic N) is 1. The van der Waals surface area contributed by atoms with Gasteiger partial charge in [-0.15, -0.1) is 0 Å². The number of carbonyl (C=O) groups is 2. The fourth-order valence-electron chi connectivity index (χ4n) is 3.02. The van der Waals surface area contributed by atoms with Gasteiger partial charge in [-0.3, -0.25) is 9.59 Å². The number of benzene rings is 1. The van der Waals surface area contributed by atoms with E-state index >= 15 is 0 Å². The van der Waals surface area contributed by atoms with Crippen LogP contribution in [0.3, 0.4) is 0 Å². The van der Waals surface area contributed by atoms with Crippen LogP contribution in [-0.2, 0) is 20.9 Å². The maximum atomic E-state index is 12.4. The zero-order valence-corrected chi connectivity index (χ0v) is 15.4. The molecule has 0 aliphatic carbocycles. The van der Waals surface area contributed by atoms with Crippen molar-refractivity contribution in [1.29, 1.82) is 0 Å². The molecule has 1 N–H and O–H groups in total. The van der Waals surface area contributed by atoms with Crippen LogP contribution in [0.4, 0.5) is 0 Å². The van der Waals surface area contributed by atoms with Crippen LogP contribution in [0.2, 0.25) is 0 Å². The molecule has 0 radical (unpaired) electrons. The summed E-state index contributed by atoms with van der Waals surface area (Å²) < 4.78 is 5.30. The molecule has 1 fully saturated rings. The van der Waals surface area contributed by atoms with Crippen LogP contribution in [0, 0.1) is 11.3 Å². The lowest BCUT2D eigenvalue weighted by Gasteiger charge is -2.37. The second-order valence-electron chi connectivity index (χ2n) is 8.04. The smallest absolute Gasteiger partial charge is 0.306 e. The van der Waals surface area contributed by atoms with Crippen molar-refractivity contribution in [2.45, 2.75) is 52.7 Å². The van der Waals surface area contributed by atoms with E-state index in [4.69, 9.17) is 4.74 Å². The lowest BCUT2D eigenvalue weighted by Crippen LogP contribution is -2.47. The molecule has 1 aliphatic heterocycles. The standard InChI is InChI=1S/C20H29NO4/c1-20(2,3)12-18(23)21-10-9-17(22)16(13-21)11-19(24)25-14-15-7-5-4-6-8-15/h4-8,16-17,22H,9-14H2,1-3H3/t16-,17-/m0/s1. The molecular weight excluding hydrogens is 318 g/mol. The Hall–Kier alpha value is -1.88. The van der Waals surface area contributed by atoms with E-state index in [-0.39, 0.29) is 36.2 Å². The Morgan fingerprint density at radius 2 is 1.92 bits per heavy atom. The van der Waals surface area contributed by atoms with Gasteiger partial charge in [0, 0.05) is 25.4 Å². The largest absolute Gasteiger partial charge is 0.461 e. The van der Waals surface area contributed by atoms with Gasteiger partial charge in [-0.1, -0.05) is 51.1 Å². The van der Waals surface area contributed by atoms with Crippen molar-refractivity contribution in [3.63, 3.8) is 0 Å². The third-order valence-electron chi connectivity index (χ3n) is 4.40. The molecule has 1 saturated heterocycles. The molecule has 1 aromatic carbocycles. The second-order valence-corrected chi connectivity index (χ2v) is 8.04. The fourth-order valence-corrected chi connectivity index (χ4v) is 3.02. The molecule has 1 aliphatic rings. The Kier molecular flexibility index (Phi) is 6.59. The topological polar surface area (TPSA) is 66.8 Å². The first-order chi connectivity index (χ1) is 11.7. The Balaban J connectivity index is 1.84. The van der Waals surface area contributed by atoms with Gasteiger partial charge in [-0.05, 0) is 17.4 Å². The third kappa shape index (κ3) is 6.50. The summed E-state index contributed by atoms with van der Waals surface area (Å²) in [6.07, 6.45) is 0.539. The summed E-state index contributed by atoms with van der Waals surface area (Å²) in [7, 11) is 0. The van der Waals surface area contributed by atoms with Crippen molar-refractivity contribution in [2.24, 2.45) is 11.3 Å². The number of esters is 1. The van der Waals surface area contributed by atoms with E-state index in [2.05, 4.69) is 0 Å². The van der Waals surface area contributed by atoms with Crippen LogP contribution in [0.25, 0.3) is 0 Å². The van der Waals surface area contributed by atoms with E-state index < -0.39 is 6.10 Å². The normalized spacial score (nSPS) is 21.0. The average molecular weight is 347 g/mol. The van der Waals surface area contributed by atoms with Crippen molar-refractivity contribution in [1.82, 2.24) is 4.90 Å². The van der Waals surface area contributed by atoms with Crippen molar-refractivity contribution in [2.75, 3.05) is 13.1 Å². The summed E-state index contributed by atoms with van der Waals surface area (Å²) in [5.74, 6) is -0.513. The maximum Gasteiger partial charge on any atom is 0.306 e. The number of carbonyl (C=O) groups excluding carboxylic acids is 2. The van der Waals surface area contributed by atoms with Gasteiger partial charge < -0.3 is 14.7 Å². The van der Waals surface area contributed by atoms with Gasteiger partial charge in [-0.2, -0.15) is 0 Å². The molecule has 0 unspecified atom stereocenters. The molecule has 25 heavy (non-hydrogen) atoms. The minimum absolute atomic E-state index is 0.0722. The lowest BCUT2D eigenvalue weighted by molar-refractivity contribution is -0.150. The first-order valence-corrected chi connectivity index (χ1v) is 8.90. The zero-order valence-electron chi connectivity index (χ0n) is 15.4. The van der Waals surface area contributed by atoms with Crippen LogP contribution >= 0.6 is 0 Å². The fraction of sp³-hybridized carbons (Fsp3) is 0.600. The summed E-state index contributed by atoms with van der Waals surface area (Å²) in [6, 6.07) is 9.50. The van der Waals surface area contributed by atoms with E-state index in [9.17, 15) is 14.7 Å². The molecule has 5 heteroatoms. The lowest BCUT2D eigenvalue weighted by atomic mass is 9.88. The number of rotatable bonds is 5. The van der Waals surface area contributed by atoms with Crippen LogP contribution in [0.15, 0.2) is 30.3 Å². The van der Waals surface area contributed by atoms with Crippen molar-refractivity contribution >= 4 is 11.9 Å². The number of hydrogen-bond acceptors (Lipinski definition) is 4.